The first-order chi connectivity index (χ1) is 12.2. The van der Waals surface area contributed by atoms with Crippen molar-refractivity contribution in [3.05, 3.63) is 76.8 Å². The molecule has 0 aliphatic carbocycles. The lowest BCUT2D eigenvalue weighted by molar-refractivity contribution is -0.115. The molecule has 0 saturated heterocycles. The smallest absolute Gasteiger partial charge is 0.272 e. The van der Waals surface area contributed by atoms with Gasteiger partial charge in [-0.25, -0.2) is 5.10 Å². The van der Waals surface area contributed by atoms with Gasteiger partial charge in [0.1, 0.15) is 0 Å². The van der Waals surface area contributed by atoms with E-state index >= 15 is 0 Å². The molecule has 6 nitrogen and oxygen atoms in total. The lowest BCUT2D eigenvalue weighted by Gasteiger charge is -2.09. The summed E-state index contributed by atoms with van der Waals surface area (Å²) in [5.41, 5.74) is 1.78. The average molecular weight is 330 g/mol. The second-order valence-corrected chi connectivity index (χ2v) is 5.65. The summed E-state index contributed by atoms with van der Waals surface area (Å²) in [5, 5.41) is 11.5. The van der Waals surface area contributed by atoms with Crippen LogP contribution in [-0.4, -0.2) is 21.1 Å². The number of nitrogens with zero attached hydrogens (tertiary/aromatic N) is 2. The average Bonchev–Trinajstić information content (AvgIpc) is 2.65. The standard InChI is InChI=1S/C19H14N4O2/c24-18(21-16-9-3-8-15-14(16)7-4-10-20-15)11-17-12-5-1-2-6-13(12)19(25)23-22-17/h1-10H,11H2,(H,21,24)(H,23,25). The minimum atomic E-state index is -0.264. The molecular weight excluding hydrogens is 316 g/mol. The highest BCUT2D eigenvalue weighted by atomic mass is 16.1. The fourth-order valence-corrected chi connectivity index (χ4v) is 2.87. The number of H-pyrrole nitrogens is 1. The van der Waals surface area contributed by atoms with Crippen molar-refractivity contribution >= 4 is 33.3 Å². The van der Waals surface area contributed by atoms with Gasteiger partial charge in [-0.3, -0.25) is 14.6 Å². The predicted molar refractivity (Wildman–Crippen MR) is 96.4 cm³/mol. The number of rotatable bonds is 3. The van der Waals surface area contributed by atoms with Crippen LogP contribution in [0.3, 0.4) is 0 Å². The van der Waals surface area contributed by atoms with Crippen LogP contribution in [0.5, 0.6) is 0 Å². The lowest BCUT2D eigenvalue weighted by Crippen LogP contribution is -2.18. The highest BCUT2D eigenvalue weighted by molar-refractivity contribution is 6.02. The monoisotopic (exact) mass is 330 g/mol. The molecule has 0 aliphatic rings. The summed E-state index contributed by atoms with van der Waals surface area (Å²) in [6.45, 7) is 0. The van der Waals surface area contributed by atoms with Crippen LogP contribution in [-0.2, 0) is 11.2 Å². The minimum absolute atomic E-state index is 0.0634. The molecule has 0 aliphatic heterocycles. The molecule has 6 heteroatoms. The van der Waals surface area contributed by atoms with Crippen molar-refractivity contribution in [1.29, 1.82) is 0 Å². The molecule has 2 aromatic heterocycles. The summed E-state index contributed by atoms with van der Waals surface area (Å²) in [4.78, 5) is 28.6. The van der Waals surface area contributed by atoms with Crippen LogP contribution in [0.2, 0.25) is 0 Å². The molecule has 2 heterocycles. The number of pyridine rings is 1. The van der Waals surface area contributed by atoms with Gasteiger partial charge in [-0.1, -0.05) is 24.3 Å². The van der Waals surface area contributed by atoms with E-state index in [9.17, 15) is 9.59 Å². The van der Waals surface area contributed by atoms with Crippen LogP contribution in [0.1, 0.15) is 5.69 Å². The molecular formula is C19H14N4O2. The van der Waals surface area contributed by atoms with Gasteiger partial charge in [0.05, 0.1) is 28.7 Å². The van der Waals surface area contributed by atoms with E-state index in [4.69, 9.17) is 0 Å². The first-order valence-electron chi connectivity index (χ1n) is 7.82. The molecule has 4 rings (SSSR count). The van der Waals surface area contributed by atoms with Crippen molar-refractivity contribution in [3.63, 3.8) is 0 Å². The van der Waals surface area contributed by atoms with E-state index in [0.717, 1.165) is 10.9 Å². The summed E-state index contributed by atoms with van der Waals surface area (Å²) in [6.07, 6.45) is 1.78. The fraction of sp³-hybridized carbons (Fsp3) is 0.0526. The van der Waals surface area contributed by atoms with Crippen LogP contribution in [0, 0.1) is 0 Å². The van der Waals surface area contributed by atoms with Gasteiger partial charge in [0.15, 0.2) is 0 Å². The van der Waals surface area contributed by atoms with Gasteiger partial charge in [-0.15, -0.1) is 0 Å². The van der Waals surface area contributed by atoms with Crippen LogP contribution >= 0.6 is 0 Å². The van der Waals surface area contributed by atoms with E-state index < -0.39 is 0 Å². The van der Waals surface area contributed by atoms with Gasteiger partial charge < -0.3 is 5.32 Å². The highest BCUT2D eigenvalue weighted by Gasteiger charge is 2.12. The number of hydrogen-bond donors (Lipinski definition) is 2. The first-order valence-corrected chi connectivity index (χ1v) is 7.82. The lowest BCUT2D eigenvalue weighted by atomic mass is 10.1. The minimum Gasteiger partial charge on any atom is -0.325 e. The van der Waals surface area contributed by atoms with E-state index in [-0.39, 0.29) is 17.9 Å². The molecule has 122 valence electrons. The largest absolute Gasteiger partial charge is 0.325 e. The summed E-state index contributed by atoms with van der Waals surface area (Å²) >= 11 is 0. The maximum Gasteiger partial charge on any atom is 0.272 e. The van der Waals surface area contributed by atoms with Crippen LogP contribution in [0.25, 0.3) is 21.7 Å². The van der Waals surface area contributed by atoms with Gasteiger partial charge in [0.25, 0.3) is 5.56 Å². The number of carbonyl (C=O) groups excluding carboxylic acids is 1. The Labute approximate surface area is 142 Å². The third-order valence-corrected chi connectivity index (χ3v) is 4.02. The quantitative estimate of drug-likeness (QED) is 0.604. The maximum absolute atomic E-state index is 12.5. The molecule has 2 N–H and O–H groups in total. The molecule has 25 heavy (non-hydrogen) atoms. The molecule has 4 aromatic rings. The predicted octanol–water partition coefficient (Wildman–Crippen LogP) is 2.65. The van der Waals surface area contributed by atoms with Crippen LogP contribution in [0.15, 0.2) is 65.6 Å². The van der Waals surface area contributed by atoms with Crippen molar-refractivity contribution in [2.24, 2.45) is 0 Å². The van der Waals surface area contributed by atoms with E-state index in [0.29, 0.717) is 22.2 Å². The fourth-order valence-electron chi connectivity index (χ4n) is 2.87. The van der Waals surface area contributed by atoms with Crippen molar-refractivity contribution in [3.8, 4) is 0 Å². The molecule has 2 aromatic carbocycles. The Bertz CT molecular complexity index is 1150. The number of anilines is 1. The maximum atomic E-state index is 12.5. The summed E-state index contributed by atoms with van der Waals surface area (Å²) in [7, 11) is 0. The Morgan fingerprint density at radius 3 is 2.64 bits per heavy atom. The van der Waals surface area contributed by atoms with E-state index in [1.165, 1.54) is 0 Å². The first kappa shape index (κ1) is 15.0. The summed E-state index contributed by atoms with van der Waals surface area (Å²) in [5.74, 6) is -0.207. The Kier molecular flexibility index (Phi) is 3.70. The molecule has 0 bridgehead atoms. The number of benzene rings is 2. The van der Waals surface area contributed by atoms with Crippen molar-refractivity contribution in [2.75, 3.05) is 5.32 Å². The Balaban J connectivity index is 1.65. The number of fused-ring (bicyclic) bond motifs is 2. The second-order valence-electron chi connectivity index (χ2n) is 5.65. The molecule has 1 amide bonds. The molecule has 0 saturated carbocycles. The number of carbonyl (C=O) groups is 1. The molecule has 0 fully saturated rings. The van der Waals surface area contributed by atoms with Crippen LogP contribution < -0.4 is 10.9 Å². The van der Waals surface area contributed by atoms with Gasteiger partial charge in [0.2, 0.25) is 5.91 Å². The van der Waals surface area contributed by atoms with E-state index in [2.05, 4.69) is 20.5 Å². The van der Waals surface area contributed by atoms with E-state index in [1.54, 1.807) is 24.4 Å². The molecule has 0 atom stereocenters. The third-order valence-electron chi connectivity index (χ3n) is 4.02. The molecule has 0 radical (unpaired) electrons. The van der Waals surface area contributed by atoms with Crippen molar-refractivity contribution in [2.45, 2.75) is 6.42 Å². The third kappa shape index (κ3) is 2.85. The topological polar surface area (TPSA) is 87.7 Å². The van der Waals surface area contributed by atoms with Gasteiger partial charge in [-0.2, -0.15) is 5.10 Å². The normalized spacial score (nSPS) is 10.9. The Hall–Kier alpha value is -3.54. The zero-order chi connectivity index (χ0) is 17.2. The second kappa shape index (κ2) is 6.16. The molecule has 0 spiro atoms. The summed E-state index contributed by atoms with van der Waals surface area (Å²) in [6, 6.07) is 16.4. The number of aromatic amines is 1. The zero-order valence-corrected chi connectivity index (χ0v) is 13.2. The zero-order valence-electron chi connectivity index (χ0n) is 13.2. The van der Waals surface area contributed by atoms with Gasteiger partial charge in [0, 0.05) is 17.0 Å². The number of aromatic nitrogens is 3. The molecule has 0 unspecified atom stereocenters. The van der Waals surface area contributed by atoms with Gasteiger partial charge >= 0.3 is 0 Å². The Morgan fingerprint density at radius 1 is 0.960 bits per heavy atom. The van der Waals surface area contributed by atoms with Crippen molar-refractivity contribution < 1.29 is 4.79 Å². The van der Waals surface area contributed by atoms with Gasteiger partial charge in [-0.05, 0) is 30.3 Å². The highest BCUT2D eigenvalue weighted by Crippen LogP contribution is 2.21. The van der Waals surface area contributed by atoms with E-state index in [1.807, 2.05) is 36.4 Å². The van der Waals surface area contributed by atoms with Crippen molar-refractivity contribution in [1.82, 2.24) is 15.2 Å². The SMILES string of the molecule is O=C(Cc1n[nH]c(=O)c2ccccc12)Nc1cccc2ncccc12. The number of hydrogen-bond acceptors (Lipinski definition) is 4. The number of amides is 1. The summed E-state index contributed by atoms with van der Waals surface area (Å²) < 4.78 is 0. The number of nitrogens with one attached hydrogen (secondary N) is 2. The Morgan fingerprint density at radius 2 is 1.76 bits per heavy atom. The van der Waals surface area contributed by atoms with Crippen LogP contribution in [0.4, 0.5) is 5.69 Å².